The number of hydrogen-bond acceptors (Lipinski definition) is 5. The van der Waals surface area contributed by atoms with Gasteiger partial charge in [-0.05, 0) is 55.8 Å². The fourth-order valence-electron chi connectivity index (χ4n) is 4.54. The summed E-state index contributed by atoms with van der Waals surface area (Å²) in [7, 11) is 3.60. The van der Waals surface area contributed by atoms with Crippen molar-refractivity contribution in [2.75, 3.05) is 5.32 Å². The lowest BCUT2D eigenvalue weighted by atomic mass is 10.00. The van der Waals surface area contributed by atoms with Gasteiger partial charge in [-0.3, -0.25) is 14.0 Å². The minimum atomic E-state index is -1.01. The van der Waals surface area contributed by atoms with Crippen LogP contribution in [0.4, 0.5) is 5.69 Å². The zero-order valence-electron chi connectivity index (χ0n) is 19.9. The molecule has 2 N–H and O–H groups in total. The Morgan fingerprint density at radius 2 is 1.86 bits per heavy atom. The van der Waals surface area contributed by atoms with E-state index in [0.717, 1.165) is 27.6 Å². The summed E-state index contributed by atoms with van der Waals surface area (Å²) in [6.07, 6.45) is 1.93. The largest absolute Gasteiger partial charge is 0.478 e. The second-order valence-corrected chi connectivity index (χ2v) is 8.84. The second-order valence-electron chi connectivity index (χ2n) is 8.84. The molecule has 0 radical (unpaired) electrons. The van der Waals surface area contributed by atoms with Crippen LogP contribution in [0.3, 0.4) is 0 Å². The number of carbonyl (C=O) groups is 1. The summed E-state index contributed by atoms with van der Waals surface area (Å²) in [6.45, 7) is 3.87. The standard InChI is InChI=1S/C27H25N5O3/c1-15-11-20(16(2)28-23-8-6-5-7-19(23)27(34)35)24-21(12-15)26(33)32(4)25(29-24)17-9-10-22-18(13-17)14-31(3)30-22/h5-14,16,28H,1-4H3,(H,34,35)/t16-/m1/s1. The molecule has 0 aliphatic carbocycles. The maximum Gasteiger partial charge on any atom is 0.337 e. The summed E-state index contributed by atoms with van der Waals surface area (Å²) in [5.41, 5.74) is 4.58. The SMILES string of the molecule is Cc1cc([C@@H](C)Nc2ccccc2C(=O)O)c2nc(-c3ccc4nn(C)cc4c3)n(C)c(=O)c2c1. The summed E-state index contributed by atoms with van der Waals surface area (Å²) in [5, 5.41) is 18.8. The number of aryl methyl sites for hydroxylation is 2. The van der Waals surface area contributed by atoms with Gasteiger partial charge in [0.2, 0.25) is 0 Å². The number of nitrogens with zero attached hydrogens (tertiary/aromatic N) is 4. The Labute approximate surface area is 201 Å². The molecule has 0 spiro atoms. The average molecular weight is 468 g/mol. The number of carboxylic acid groups (broad SMARTS) is 1. The molecule has 2 heterocycles. The first-order chi connectivity index (χ1) is 16.7. The molecule has 3 aromatic carbocycles. The number of carboxylic acids is 1. The molecular formula is C27H25N5O3. The zero-order chi connectivity index (χ0) is 24.9. The van der Waals surface area contributed by atoms with Gasteiger partial charge in [0.25, 0.3) is 5.56 Å². The molecule has 0 aliphatic rings. The molecule has 0 amide bonds. The maximum atomic E-state index is 13.4. The highest BCUT2D eigenvalue weighted by Crippen LogP contribution is 2.30. The van der Waals surface area contributed by atoms with Gasteiger partial charge < -0.3 is 10.4 Å². The van der Waals surface area contributed by atoms with Gasteiger partial charge in [-0.1, -0.05) is 18.2 Å². The first kappa shape index (κ1) is 22.3. The van der Waals surface area contributed by atoms with Crippen LogP contribution in [-0.4, -0.2) is 30.4 Å². The fourth-order valence-corrected chi connectivity index (χ4v) is 4.54. The van der Waals surface area contributed by atoms with Crippen LogP contribution >= 0.6 is 0 Å². The monoisotopic (exact) mass is 467 g/mol. The van der Waals surface area contributed by atoms with Gasteiger partial charge in [0.1, 0.15) is 5.82 Å². The van der Waals surface area contributed by atoms with Gasteiger partial charge in [-0.25, -0.2) is 9.78 Å². The van der Waals surface area contributed by atoms with Crippen LogP contribution in [0.25, 0.3) is 33.2 Å². The van der Waals surface area contributed by atoms with Crippen molar-refractivity contribution in [3.63, 3.8) is 0 Å². The van der Waals surface area contributed by atoms with Gasteiger partial charge in [-0.2, -0.15) is 5.10 Å². The number of nitrogens with one attached hydrogen (secondary N) is 1. The molecule has 0 saturated carbocycles. The number of aromatic carboxylic acids is 1. The number of fused-ring (bicyclic) bond motifs is 2. The Morgan fingerprint density at radius 3 is 2.63 bits per heavy atom. The topological polar surface area (TPSA) is 102 Å². The second kappa shape index (κ2) is 8.39. The van der Waals surface area contributed by atoms with E-state index in [1.807, 2.05) is 57.4 Å². The summed E-state index contributed by atoms with van der Waals surface area (Å²) in [6, 6.07) is 16.1. The molecule has 0 fully saturated rings. The van der Waals surface area contributed by atoms with Crippen molar-refractivity contribution in [2.45, 2.75) is 19.9 Å². The number of para-hydroxylation sites is 1. The van der Waals surface area contributed by atoms with Crippen LogP contribution in [-0.2, 0) is 14.1 Å². The molecule has 0 unspecified atom stereocenters. The van der Waals surface area contributed by atoms with Crippen LogP contribution in [0.2, 0.25) is 0 Å². The van der Waals surface area contributed by atoms with Crippen LogP contribution in [0.15, 0.2) is 65.6 Å². The van der Waals surface area contributed by atoms with Crippen molar-refractivity contribution in [1.82, 2.24) is 19.3 Å². The third kappa shape index (κ3) is 3.93. The third-order valence-electron chi connectivity index (χ3n) is 6.23. The quantitative estimate of drug-likeness (QED) is 0.390. The van der Waals surface area contributed by atoms with E-state index in [1.54, 1.807) is 40.6 Å². The fraction of sp³-hybridized carbons (Fsp3) is 0.185. The summed E-state index contributed by atoms with van der Waals surface area (Å²) < 4.78 is 3.32. The summed E-state index contributed by atoms with van der Waals surface area (Å²) in [5.74, 6) is -0.453. The van der Waals surface area contributed by atoms with E-state index in [0.29, 0.717) is 22.4 Å². The normalized spacial score (nSPS) is 12.2. The molecule has 1 atom stereocenters. The highest BCUT2D eigenvalue weighted by molar-refractivity contribution is 5.94. The number of rotatable bonds is 5. The Balaban J connectivity index is 1.68. The number of aromatic nitrogens is 4. The molecule has 5 aromatic rings. The highest BCUT2D eigenvalue weighted by Gasteiger charge is 2.19. The Morgan fingerprint density at radius 1 is 1.09 bits per heavy atom. The van der Waals surface area contributed by atoms with Crippen molar-refractivity contribution in [2.24, 2.45) is 14.1 Å². The molecule has 8 nitrogen and oxygen atoms in total. The van der Waals surface area contributed by atoms with Crippen molar-refractivity contribution >= 4 is 33.5 Å². The van der Waals surface area contributed by atoms with E-state index in [-0.39, 0.29) is 17.2 Å². The Hall–Kier alpha value is -4.46. The number of benzene rings is 3. The zero-order valence-corrected chi connectivity index (χ0v) is 19.9. The molecule has 0 bridgehead atoms. The van der Waals surface area contributed by atoms with E-state index in [4.69, 9.17) is 4.98 Å². The van der Waals surface area contributed by atoms with E-state index < -0.39 is 5.97 Å². The average Bonchev–Trinajstić information content (AvgIpc) is 3.20. The molecule has 2 aromatic heterocycles. The molecular weight excluding hydrogens is 442 g/mol. The van der Waals surface area contributed by atoms with Crippen molar-refractivity contribution in [1.29, 1.82) is 0 Å². The summed E-state index contributed by atoms with van der Waals surface area (Å²) in [4.78, 5) is 30.1. The molecule has 0 aliphatic heterocycles. The summed E-state index contributed by atoms with van der Waals surface area (Å²) >= 11 is 0. The lowest BCUT2D eigenvalue weighted by Gasteiger charge is -2.20. The molecule has 5 rings (SSSR count). The molecule has 0 saturated heterocycles. The van der Waals surface area contributed by atoms with Gasteiger partial charge >= 0.3 is 5.97 Å². The van der Waals surface area contributed by atoms with Gasteiger partial charge in [-0.15, -0.1) is 0 Å². The predicted molar refractivity (Wildman–Crippen MR) is 137 cm³/mol. The van der Waals surface area contributed by atoms with Gasteiger partial charge in [0.05, 0.1) is 28.0 Å². The third-order valence-corrected chi connectivity index (χ3v) is 6.23. The van der Waals surface area contributed by atoms with E-state index >= 15 is 0 Å². The maximum absolute atomic E-state index is 13.4. The van der Waals surface area contributed by atoms with Crippen molar-refractivity contribution in [3.05, 3.63) is 87.8 Å². The van der Waals surface area contributed by atoms with Crippen LogP contribution in [0, 0.1) is 6.92 Å². The Kier molecular flexibility index (Phi) is 5.36. The minimum Gasteiger partial charge on any atom is -0.478 e. The first-order valence-corrected chi connectivity index (χ1v) is 11.3. The van der Waals surface area contributed by atoms with Crippen molar-refractivity contribution in [3.8, 4) is 11.4 Å². The predicted octanol–water partition coefficient (Wildman–Crippen LogP) is 4.67. The highest BCUT2D eigenvalue weighted by atomic mass is 16.4. The van der Waals surface area contributed by atoms with Crippen LogP contribution in [0.5, 0.6) is 0 Å². The van der Waals surface area contributed by atoms with Crippen LogP contribution in [0.1, 0.15) is 34.5 Å². The molecule has 8 heteroatoms. The first-order valence-electron chi connectivity index (χ1n) is 11.3. The molecule has 35 heavy (non-hydrogen) atoms. The van der Waals surface area contributed by atoms with Gasteiger partial charge in [0, 0.05) is 42.5 Å². The van der Waals surface area contributed by atoms with E-state index in [1.165, 1.54) is 0 Å². The van der Waals surface area contributed by atoms with Gasteiger partial charge in [0.15, 0.2) is 0 Å². The lowest BCUT2D eigenvalue weighted by molar-refractivity contribution is 0.0698. The number of hydrogen-bond donors (Lipinski definition) is 2. The van der Waals surface area contributed by atoms with Crippen molar-refractivity contribution < 1.29 is 9.90 Å². The van der Waals surface area contributed by atoms with Crippen LogP contribution < -0.4 is 10.9 Å². The van der Waals surface area contributed by atoms with E-state index in [9.17, 15) is 14.7 Å². The van der Waals surface area contributed by atoms with E-state index in [2.05, 4.69) is 10.4 Å². The molecule has 176 valence electrons. The Bertz CT molecular complexity index is 1680. The lowest BCUT2D eigenvalue weighted by Crippen LogP contribution is -2.22. The number of anilines is 1. The smallest absolute Gasteiger partial charge is 0.337 e. The minimum absolute atomic E-state index is 0.139.